The van der Waals surface area contributed by atoms with Crippen molar-refractivity contribution in [1.29, 1.82) is 0 Å². The van der Waals surface area contributed by atoms with Crippen LogP contribution >= 0.6 is 0 Å². The third kappa shape index (κ3) is 1.53. The molecule has 3 N–H and O–H groups in total. The van der Waals surface area contributed by atoms with Crippen LogP contribution in [0.4, 0.5) is 4.39 Å². The first-order valence-electron chi connectivity index (χ1n) is 4.90. The summed E-state index contributed by atoms with van der Waals surface area (Å²) < 4.78 is 12.9. The minimum absolute atomic E-state index is 0.281. The summed E-state index contributed by atoms with van der Waals surface area (Å²) in [4.78, 5) is 0. The molecule has 0 heterocycles. The quantitative estimate of drug-likeness (QED) is 0.754. The van der Waals surface area contributed by atoms with Gasteiger partial charge in [-0.2, -0.15) is 0 Å². The normalized spacial score (nSPS) is 25.1. The maximum atomic E-state index is 12.9. The van der Waals surface area contributed by atoms with Crippen molar-refractivity contribution in [2.75, 3.05) is 6.54 Å². The van der Waals surface area contributed by atoms with E-state index in [1.54, 1.807) is 6.07 Å². The Bertz CT molecular complexity index is 340. The number of fused-ring (bicyclic) bond motifs is 1. The fourth-order valence-corrected chi connectivity index (χ4v) is 2.20. The molecule has 2 rings (SSSR count). The molecule has 76 valence electrons. The lowest BCUT2D eigenvalue weighted by Crippen LogP contribution is -2.04. The molecule has 0 fully saturated rings. The van der Waals surface area contributed by atoms with Gasteiger partial charge in [0.15, 0.2) is 0 Å². The topological polar surface area (TPSA) is 46.2 Å². The van der Waals surface area contributed by atoms with E-state index in [9.17, 15) is 9.50 Å². The molecule has 1 aliphatic carbocycles. The van der Waals surface area contributed by atoms with Crippen LogP contribution in [0.1, 0.15) is 36.0 Å². The molecule has 0 spiro atoms. The minimum atomic E-state index is -0.516. The summed E-state index contributed by atoms with van der Waals surface area (Å²) in [6.07, 6.45) is 1.02. The van der Waals surface area contributed by atoms with Gasteiger partial charge >= 0.3 is 0 Å². The lowest BCUT2D eigenvalue weighted by Gasteiger charge is -2.08. The summed E-state index contributed by atoms with van der Waals surface area (Å²) in [5.41, 5.74) is 7.28. The first-order valence-corrected chi connectivity index (χ1v) is 4.90. The highest BCUT2D eigenvalue weighted by Crippen LogP contribution is 2.41. The molecule has 0 saturated carbocycles. The number of aliphatic hydroxyl groups is 1. The SMILES string of the molecule is NCCC1CC(O)c2cc(F)ccc21. The average Bonchev–Trinajstić information content (AvgIpc) is 2.44. The molecule has 0 bridgehead atoms. The summed E-state index contributed by atoms with van der Waals surface area (Å²) in [6.45, 7) is 0.605. The predicted octanol–water partition coefficient (Wildman–Crippen LogP) is 1.70. The van der Waals surface area contributed by atoms with Crippen LogP contribution in [0.15, 0.2) is 18.2 Å². The van der Waals surface area contributed by atoms with E-state index in [-0.39, 0.29) is 5.82 Å². The van der Waals surface area contributed by atoms with Gasteiger partial charge in [0.2, 0.25) is 0 Å². The van der Waals surface area contributed by atoms with E-state index in [2.05, 4.69) is 0 Å². The first-order chi connectivity index (χ1) is 6.72. The highest BCUT2D eigenvalue weighted by Gasteiger charge is 2.29. The Morgan fingerprint density at radius 3 is 2.93 bits per heavy atom. The molecule has 2 unspecified atom stereocenters. The average molecular weight is 195 g/mol. The van der Waals surface area contributed by atoms with Gasteiger partial charge in [0.05, 0.1) is 6.10 Å². The van der Waals surface area contributed by atoms with Crippen molar-refractivity contribution in [3.8, 4) is 0 Å². The Labute approximate surface area is 82.5 Å². The molecule has 1 aliphatic rings. The zero-order valence-electron chi connectivity index (χ0n) is 7.91. The van der Waals surface area contributed by atoms with Gasteiger partial charge in [-0.15, -0.1) is 0 Å². The summed E-state index contributed by atoms with van der Waals surface area (Å²) in [7, 11) is 0. The summed E-state index contributed by atoms with van der Waals surface area (Å²) in [6, 6.07) is 4.64. The number of rotatable bonds is 2. The maximum Gasteiger partial charge on any atom is 0.123 e. The lowest BCUT2D eigenvalue weighted by atomic mass is 9.98. The zero-order chi connectivity index (χ0) is 10.1. The van der Waals surface area contributed by atoms with Crippen LogP contribution in [0, 0.1) is 5.82 Å². The highest BCUT2D eigenvalue weighted by atomic mass is 19.1. The summed E-state index contributed by atoms with van der Waals surface area (Å²) in [5.74, 6) is 0.0156. The van der Waals surface area contributed by atoms with Gasteiger partial charge < -0.3 is 10.8 Å². The van der Waals surface area contributed by atoms with Crippen LogP contribution in [-0.4, -0.2) is 11.7 Å². The second kappa shape index (κ2) is 3.67. The number of hydrogen-bond acceptors (Lipinski definition) is 2. The smallest absolute Gasteiger partial charge is 0.123 e. The monoisotopic (exact) mass is 195 g/mol. The van der Waals surface area contributed by atoms with E-state index in [0.717, 1.165) is 17.5 Å². The Kier molecular flexibility index (Phi) is 2.52. The Morgan fingerprint density at radius 2 is 2.21 bits per heavy atom. The van der Waals surface area contributed by atoms with Gasteiger partial charge in [0.1, 0.15) is 5.82 Å². The molecule has 2 nitrogen and oxygen atoms in total. The fraction of sp³-hybridized carbons (Fsp3) is 0.455. The molecule has 0 aromatic heterocycles. The second-order valence-electron chi connectivity index (χ2n) is 3.80. The largest absolute Gasteiger partial charge is 0.388 e. The Morgan fingerprint density at radius 1 is 1.43 bits per heavy atom. The number of aliphatic hydroxyl groups excluding tert-OH is 1. The zero-order valence-corrected chi connectivity index (χ0v) is 7.91. The summed E-state index contributed by atoms with van der Waals surface area (Å²) in [5, 5.41) is 9.70. The van der Waals surface area contributed by atoms with Crippen LogP contribution in [0.25, 0.3) is 0 Å². The van der Waals surface area contributed by atoms with E-state index < -0.39 is 6.10 Å². The molecule has 14 heavy (non-hydrogen) atoms. The van der Waals surface area contributed by atoms with Crippen LogP contribution in [0.2, 0.25) is 0 Å². The Hall–Kier alpha value is -0.930. The van der Waals surface area contributed by atoms with Crippen molar-refractivity contribution in [2.45, 2.75) is 24.9 Å². The van der Waals surface area contributed by atoms with Crippen LogP contribution in [0.5, 0.6) is 0 Å². The number of nitrogens with two attached hydrogens (primary N) is 1. The molecule has 1 aromatic rings. The number of hydrogen-bond donors (Lipinski definition) is 2. The standard InChI is InChI=1S/C11H14FNO/c12-8-1-2-9-7(3-4-13)5-11(14)10(9)6-8/h1-2,6-7,11,14H,3-5,13H2. The van der Waals surface area contributed by atoms with E-state index in [1.165, 1.54) is 12.1 Å². The molecule has 0 amide bonds. The second-order valence-corrected chi connectivity index (χ2v) is 3.80. The lowest BCUT2D eigenvalue weighted by molar-refractivity contribution is 0.172. The molecule has 0 aliphatic heterocycles. The van der Waals surface area contributed by atoms with Crippen molar-refractivity contribution in [2.24, 2.45) is 5.73 Å². The third-order valence-electron chi connectivity index (χ3n) is 2.87. The minimum Gasteiger partial charge on any atom is -0.388 e. The molecular weight excluding hydrogens is 181 g/mol. The van der Waals surface area contributed by atoms with E-state index in [0.29, 0.717) is 18.9 Å². The van der Waals surface area contributed by atoms with Crippen molar-refractivity contribution in [1.82, 2.24) is 0 Å². The van der Waals surface area contributed by atoms with Crippen LogP contribution in [0.3, 0.4) is 0 Å². The molecule has 3 heteroatoms. The fourth-order valence-electron chi connectivity index (χ4n) is 2.20. The van der Waals surface area contributed by atoms with Crippen molar-refractivity contribution in [3.63, 3.8) is 0 Å². The highest BCUT2D eigenvalue weighted by molar-refractivity contribution is 5.37. The van der Waals surface area contributed by atoms with Crippen molar-refractivity contribution in [3.05, 3.63) is 35.1 Å². The van der Waals surface area contributed by atoms with Crippen LogP contribution < -0.4 is 5.73 Å². The van der Waals surface area contributed by atoms with Crippen LogP contribution in [-0.2, 0) is 0 Å². The third-order valence-corrected chi connectivity index (χ3v) is 2.87. The summed E-state index contributed by atoms with van der Waals surface area (Å²) >= 11 is 0. The van der Waals surface area contributed by atoms with E-state index in [1.807, 2.05) is 0 Å². The van der Waals surface area contributed by atoms with Gasteiger partial charge in [0.25, 0.3) is 0 Å². The van der Waals surface area contributed by atoms with E-state index in [4.69, 9.17) is 5.73 Å². The number of halogens is 1. The molecule has 0 saturated heterocycles. The van der Waals surface area contributed by atoms with Crippen molar-refractivity contribution < 1.29 is 9.50 Å². The maximum absolute atomic E-state index is 12.9. The van der Waals surface area contributed by atoms with Gasteiger partial charge in [-0.3, -0.25) is 0 Å². The molecule has 0 radical (unpaired) electrons. The first kappa shape index (κ1) is 9.62. The molecule has 2 atom stereocenters. The predicted molar refractivity (Wildman–Crippen MR) is 52.4 cm³/mol. The van der Waals surface area contributed by atoms with Gasteiger partial charge in [0, 0.05) is 0 Å². The van der Waals surface area contributed by atoms with Gasteiger partial charge in [-0.05, 0) is 48.6 Å². The van der Waals surface area contributed by atoms with Gasteiger partial charge in [-0.1, -0.05) is 6.07 Å². The Balaban J connectivity index is 2.34. The molecular formula is C11H14FNO. The molecule has 1 aromatic carbocycles. The van der Waals surface area contributed by atoms with Gasteiger partial charge in [-0.25, -0.2) is 4.39 Å². The number of benzene rings is 1. The van der Waals surface area contributed by atoms with E-state index >= 15 is 0 Å². The van der Waals surface area contributed by atoms with Crippen molar-refractivity contribution >= 4 is 0 Å².